The number of fused-ring (bicyclic) bond motifs is 1. The van der Waals surface area contributed by atoms with Gasteiger partial charge in [-0.15, -0.1) is 0 Å². The van der Waals surface area contributed by atoms with Gasteiger partial charge in [0.1, 0.15) is 12.3 Å². The van der Waals surface area contributed by atoms with Crippen LogP contribution in [0.4, 0.5) is 0 Å². The van der Waals surface area contributed by atoms with Crippen molar-refractivity contribution in [1.29, 1.82) is 0 Å². The Morgan fingerprint density at radius 3 is 2.64 bits per heavy atom. The summed E-state index contributed by atoms with van der Waals surface area (Å²) in [6.07, 6.45) is 3.07. The highest BCUT2D eigenvalue weighted by Crippen LogP contribution is 2.22. The third-order valence-electron chi connectivity index (χ3n) is 4.79. The van der Waals surface area contributed by atoms with Gasteiger partial charge >= 0.3 is 5.97 Å². The van der Waals surface area contributed by atoms with Gasteiger partial charge in [0.05, 0.1) is 28.8 Å². The summed E-state index contributed by atoms with van der Waals surface area (Å²) in [5.41, 5.74) is 0.854. The molecule has 0 spiro atoms. The summed E-state index contributed by atoms with van der Waals surface area (Å²) in [4.78, 5) is 29.2. The van der Waals surface area contributed by atoms with Gasteiger partial charge in [0.25, 0.3) is 5.91 Å². The Labute approximate surface area is 195 Å². The summed E-state index contributed by atoms with van der Waals surface area (Å²) in [5.74, 6) is -0.490. The summed E-state index contributed by atoms with van der Waals surface area (Å²) in [6, 6.07) is 11.0. The number of carbonyl (C=O) groups excluding carboxylic acids is 2. The second-order valence-corrected chi connectivity index (χ2v) is 9.79. The molecule has 2 N–H and O–H groups in total. The number of hydrogen-bond acceptors (Lipinski definition) is 7. The Morgan fingerprint density at radius 1 is 1.15 bits per heavy atom. The van der Waals surface area contributed by atoms with Gasteiger partial charge in [-0.3, -0.25) is 9.59 Å². The molecule has 0 aliphatic heterocycles. The van der Waals surface area contributed by atoms with Crippen molar-refractivity contribution < 1.29 is 27.5 Å². The molecule has 9 nitrogen and oxygen atoms in total. The number of aromatic nitrogens is 1. The highest BCUT2D eigenvalue weighted by molar-refractivity contribution is 7.89. The fourth-order valence-electron chi connectivity index (χ4n) is 3.07. The number of ether oxygens (including phenoxy) is 2. The van der Waals surface area contributed by atoms with Crippen LogP contribution in [-0.2, 0) is 26.1 Å². The molecule has 33 heavy (non-hydrogen) atoms. The predicted octanol–water partition coefficient (Wildman–Crippen LogP) is 2.83. The van der Waals surface area contributed by atoms with Crippen molar-refractivity contribution >= 4 is 43.5 Å². The Kier molecular flexibility index (Phi) is 8.01. The highest BCUT2D eigenvalue weighted by atomic mass is 32.2. The Bertz CT molecular complexity index is 1340. The number of nitrogens with two attached hydrogens (primary N) is 1. The van der Waals surface area contributed by atoms with Gasteiger partial charge in [-0.2, -0.15) is 4.99 Å². The second-order valence-electron chi connectivity index (χ2n) is 7.22. The van der Waals surface area contributed by atoms with E-state index in [1.165, 1.54) is 29.9 Å². The number of esters is 1. The number of unbranched alkanes of at least 4 members (excludes halogenated alkanes) is 2. The Hall–Kier alpha value is -3.02. The number of nitrogens with zero attached hydrogens (tertiary/aromatic N) is 2. The summed E-state index contributed by atoms with van der Waals surface area (Å²) in [7, 11) is -2.66. The molecule has 0 saturated heterocycles. The molecule has 176 valence electrons. The molecule has 11 heteroatoms. The van der Waals surface area contributed by atoms with Gasteiger partial charge in [0, 0.05) is 5.56 Å². The molecule has 0 aliphatic carbocycles. The van der Waals surface area contributed by atoms with Crippen LogP contribution in [0, 0.1) is 0 Å². The van der Waals surface area contributed by atoms with E-state index in [4.69, 9.17) is 14.6 Å². The van der Waals surface area contributed by atoms with Crippen molar-refractivity contribution in [3.63, 3.8) is 0 Å². The van der Waals surface area contributed by atoms with Crippen molar-refractivity contribution in [2.45, 2.75) is 37.6 Å². The minimum atomic E-state index is -3.91. The van der Waals surface area contributed by atoms with Crippen LogP contribution >= 0.6 is 11.3 Å². The monoisotopic (exact) mass is 491 g/mol. The molecule has 2 aromatic carbocycles. The van der Waals surface area contributed by atoms with Gasteiger partial charge in [-0.1, -0.05) is 37.2 Å². The average molecular weight is 492 g/mol. The lowest BCUT2D eigenvalue weighted by Gasteiger charge is -2.06. The number of methoxy groups -OCH3 is 1. The Morgan fingerprint density at radius 2 is 1.94 bits per heavy atom. The zero-order chi connectivity index (χ0) is 24.0. The molecule has 0 unspecified atom stereocenters. The molecular formula is C22H25N3O6S2. The van der Waals surface area contributed by atoms with Crippen LogP contribution in [0.3, 0.4) is 0 Å². The zero-order valence-corrected chi connectivity index (χ0v) is 19.9. The predicted molar refractivity (Wildman–Crippen MR) is 125 cm³/mol. The van der Waals surface area contributed by atoms with Crippen LogP contribution in [0.15, 0.2) is 52.4 Å². The second kappa shape index (κ2) is 10.7. The quantitative estimate of drug-likeness (QED) is 0.362. The van der Waals surface area contributed by atoms with Crippen LogP contribution in [0.1, 0.15) is 36.5 Å². The molecule has 3 rings (SSSR count). The van der Waals surface area contributed by atoms with E-state index in [1.54, 1.807) is 24.3 Å². The van der Waals surface area contributed by atoms with Crippen molar-refractivity contribution in [2.24, 2.45) is 10.1 Å². The van der Waals surface area contributed by atoms with E-state index in [-0.39, 0.29) is 16.2 Å². The molecule has 3 aromatic rings. The van der Waals surface area contributed by atoms with Gasteiger partial charge in [0.15, 0.2) is 4.80 Å². The molecule has 1 aromatic heterocycles. The van der Waals surface area contributed by atoms with Crippen LogP contribution < -0.4 is 14.7 Å². The van der Waals surface area contributed by atoms with Crippen molar-refractivity contribution in [1.82, 2.24) is 4.57 Å². The van der Waals surface area contributed by atoms with Crippen molar-refractivity contribution in [2.75, 3.05) is 13.7 Å². The third-order valence-corrected chi connectivity index (χ3v) is 6.74. The first-order valence-electron chi connectivity index (χ1n) is 10.3. The molecule has 0 bridgehead atoms. The van der Waals surface area contributed by atoms with Gasteiger partial charge < -0.3 is 14.0 Å². The van der Waals surface area contributed by atoms with Crippen molar-refractivity contribution in [3.05, 3.63) is 52.8 Å². The summed E-state index contributed by atoms with van der Waals surface area (Å²) >= 11 is 1.07. The molecule has 0 radical (unpaired) electrons. The van der Waals surface area contributed by atoms with E-state index in [0.717, 1.165) is 30.6 Å². The molecule has 0 saturated carbocycles. The lowest BCUT2D eigenvalue weighted by molar-refractivity contribution is -0.141. The van der Waals surface area contributed by atoms with Gasteiger partial charge in [0.2, 0.25) is 10.0 Å². The zero-order valence-electron chi connectivity index (χ0n) is 18.3. The number of benzene rings is 2. The average Bonchev–Trinajstić information content (AvgIpc) is 3.12. The fraction of sp³-hybridized carbons (Fsp3) is 0.318. The third kappa shape index (κ3) is 6.28. The molecule has 0 aliphatic rings. The summed E-state index contributed by atoms with van der Waals surface area (Å²) in [5, 5.41) is 5.22. The summed E-state index contributed by atoms with van der Waals surface area (Å²) in [6.45, 7) is 2.47. The van der Waals surface area contributed by atoms with Crippen LogP contribution in [0.2, 0.25) is 0 Å². The molecule has 0 fully saturated rings. The lowest BCUT2D eigenvalue weighted by atomic mass is 10.2. The first-order chi connectivity index (χ1) is 15.7. The van der Waals surface area contributed by atoms with Crippen LogP contribution in [0.5, 0.6) is 5.75 Å². The molecule has 1 heterocycles. The van der Waals surface area contributed by atoms with E-state index in [9.17, 15) is 18.0 Å². The van der Waals surface area contributed by atoms with Crippen LogP contribution in [-0.4, -0.2) is 38.6 Å². The highest BCUT2D eigenvalue weighted by Gasteiger charge is 2.16. The van der Waals surface area contributed by atoms with Crippen molar-refractivity contribution in [3.8, 4) is 5.75 Å². The number of amides is 1. The Balaban J connectivity index is 2.00. The number of hydrogen-bond donors (Lipinski definition) is 1. The SMILES string of the molecule is CCCCCOc1cccc(C(=O)N=c2sc3cc(S(N)(=O)=O)ccc3n2CC(=O)OC)c1. The van der Waals surface area contributed by atoms with Crippen LogP contribution in [0.25, 0.3) is 10.2 Å². The van der Waals surface area contributed by atoms with E-state index in [2.05, 4.69) is 11.9 Å². The maximum absolute atomic E-state index is 12.9. The smallest absolute Gasteiger partial charge is 0.325 e. The fourth-order valence-corrected chi connectivity index (χ4v) is 4.76. The number of sulfonamides is 1. The number of primary sulfonamides is 1. The maximum Gasteiger partial charge on any atom is 0.325 e. The van der Waals surface area contributed by atoms with Gasteiger partial charge in [-0.05, 0) is 42.8 Å². The number of rotatable bonds is 9. The van der Waals surface area contributed by atoms with E-state index < -0.39 is 21.9 Å². The number of carbonyl (C=O) groups is 2. The minimum absolute atomic E-state index is 0.0766. The minimum Gasteiger partial charge on any atom is -0.494 e. The molecule has 0 atom stereocenters. The van der Waals surface area contributed by atoms with E-state index >= 15 is 0 Å². The van der Waals surface area contributed by atoms with Gasteiger partial charge in [-0.25, -0.2) is 13.6 Å². The maximum atomic E-state index is 12.9. The molecular weight excluding hydrogens is 466 g/mol. The molecule has 1 amide bonds. The standard InChI is InChI=1S/C22H25N3O6S2/c1-3-4-5-11-31-16-8-6-7-15(12-16)21(27)24-22-25(14-20(26)30-2)18-10-9-17(33(23,28)29)13-19(18)32-22/h6-10,12-13H,3-5,11,14H2,1-2H3,(H2,23,28,29). The first-order valence-corrected chi connectivity index (χ1v) is 12.6. The lowest BCUT2D eigenvalue weighted by Crippen LogP contribution is -2.22. The normalized spacial score (nSPS) is 12.2. The van der Waals surface area contributed by atoms with E-state index in [0.29, 0.717) is 28.1 Å². The topological polar surface area (TPSA) is 130 Å². The first kappa shape index (κ1) is 24.6. The van der Waals surface area contributed by atoms with E-state index in [1.807, 2.05) is 0 Å². The largest absolute Gasteiger partial charge is 0.494 e. The summed E-state index contributed by atoms with van der Waals surface area (Å²) < 4.78 is 35.9. The number of thiazole rings is 1.